The van der Waals surface area contributed by atoms with Crippen LogP contribution in [-0.2, 0) is 15.1 Å². The Morgan fingerprint density at radius 3 is 2.61 bits per heavy atom. The maximum Gasteiger partial charge on any atom is 0.325 e. The van der Waals surface area contributed by atoms with Crippen LogP contribution in [0.2, 0.25) is 0 Å². The highest BCUT2D eigenvalue weighted by atomic mass is 16.5. The zero-order valence-electron chi connectivity index (χ0n) is 17.0. The van der Waals surface area contributed by atoms with Crippen molar-refractivity contribution in [2.24, 2.45) is 0 Å². The third-order valence-corrected chi connectivity index (χ3v) is 6.26. The van der Waals surface area contributed by atoms with E-state index in [4.69, 9.17) is 4.74 Å². The summed E-state index contributed by atoms with van der Waals surface area (Å²) in [4.78, 5) is 41.6. The topological polar surface area (TPSA) is 79.0 Å². The molecule has 3 aliphatic heterocycles. The van der Waals surface area contributed by atoms with E-state index in [1.165, 1.54) is 5.57 Å². The molecule has 0 aliphatic carbocycles. The van der Waals surface area contributed by atoms with Crippen molar-refractivity contribution in [3.8, 4) is 5.75 Å². The van der Waals surface area contributed by atoms with Crippen molar-refractivity contribution >= 4 is 23.4 Å². The first-order chi connectivity index (χ1) is 15.1. The molecule has 3 aliphatic rings. The van der Waals surface area contributed by atoms with Gasteiger partial charge in [-0.2, -0.15) is 0 Å². The average Bonchev–Trinajstić information content (AvgIpc) is 3.04. The molecule has 5 rings (SSSR count). The van der Waals surface area contributed by atoms with Gasteiger partial charge in [0.1, 0.15) is 12.3 Å². The molecule has 1 fully saturated rings. The van der Waals surface area contributed by atoms with Crippen molar-refractivity contribution in [3.63, 3.8) is 0 Å². The zero-order valence-corrected chi connectivity index (χ0v) is 17.0. The lowest BCUT2D eigenvalue weighted by molar-refractivity contribution is -0.139. The summed E-state index contributed by atoms with van der Waals surface area (Å²) in [6, 6.07) is 16.8. The molecule has 0 saturated carbocycles. The van der Waals surface area contributed by atoms with Crippen LogP contribution in [-0.4, -0.2) is 53.9 Å². The number of amides is 4. The lowest BCUT2D eigenvalue weighted by atomic mass is 9.84. The highest BCUT2D eigenvalue weighted by Gasteiger charge is 2.55. The molecule has 0 aromatic heterocycles. The summed E-state index contributed by atoms with van der Waals surface area (Å²) >= 11 is 0. The fourth-order valence-corrected chi connectivity index (χ4v) is 4.56. The molecule has 2 aromatic rings. The lowest BCUT2D eigenvalue weighted by Gasteiger charge is -2.33. The molecule has 1 spiro atoms. The Morgan fingerprint density at radius 2 is 1.84 bits per heavy atom. The molecule has 1 saturated heterocycles. The van der Waals surface area contributed by atoms with Crippen LogP contribution in [0, 0.1) is 0 Å². The van der Waals surface area contributed by atoms with Gasteiger partial charge in [-0.15, -0.1) is 0 Å². The van der Waals surface area contributed by atoms with E-state index >= 15 is 0 Å². The molecular weight excluding hydrogens is 394 g/mol. The summed E-state index contributed by atoms with van der Waals surface area (Å²) in [5.41, 5.74) is 1.85. The summed E-state index contributed by atoms with van der Waals surface area (Å²) in [7, 11) is 0. The number of urea groups is 1. The summed E-state index contributed by atoms with van der Waals surface area (Å²) in [6.45, 7) is 1.09. The van der Waals surface area contributed by atoms with Gasteiger partial charge in [0.25, 0.3) is 5.91 Å². The molecule has 1 atom stereocenters. The standard InChI is InChI=1S/C24H23N3O4/c28-21(26-13-10-18(11-14-26)17-6-2-1-3-7-17)16-27-22(29)24(25-23(27)30)12-15-31-20-9-5-4-8-19(20)24/h1-10H,11-16H2,(H,25,30). The van der Waals surface area contributed by atoms with Crippen molar-refractivity contribution in [1.82, 2.24) is 15.1 Å². The molecule has 3 heterocycles. The van der Waals surface area contributed by atoms with Gasteiger partial charge in [0, 0.05) is 25.1 Å². The molecular formula is C24H23N3O4. The van der Waals surface area contributed by atoms with E-state index < -0.39 is 11.6 Å². The number of nitrogens with one attached hydrogen (secondary N) is 1. The van der Waals surface area contributed by atoms with E-state index in [-0.39, 0.29) is 18.4 Å². The monoisotopic (exact) mass is 417 g/mol. The number of benzene rings is 2. The Bertz CT molecular complexity index is 1080. The van der Waals surface area contributed by atoms with Gasteiger partial charge in [0.15, 0.2) is 5.54 Å². The molecule has 0 radical (unpaired) electrons. The SMILES string of the molecule is O=C(CN1C(=O)NC2(CCOc3ccccc32)C1=O)N1CC=C(c2ccccc2)CC1. The third-order valence-electron chi connectivity index (χ3n) is 6.26. The van der Waals surface area contributed by atoms with Gasteiger partial charge in [0.2, 0.25) is 5.91 Å². The quantitative estimate of drug-likeness (QED) is 0.779. The van der Waals surface area contributed by atoms with Crippen LogP contribution < -0.4 is 10.1 Å². The number of hydrogen-bond donors (Lipinski definition) is 1. The van der Waals surface area contributed by atoms with Gasteiger partial charge < -0.3 is 15.0 Å². The largest absolute Gasteiger partial charge is 0.493 e. The van der Waals surface area contributed by atoms with Crippen molar-refractivity contribution in [2.45, 2.75) is 18.4 Å². The second kappa shape index (κ2) is 7.58. The molecule has 4 amide bonds. The maximum atomic E-state index is 13.3. The minimum atomic E-state index is -1.16. The number of rotatable bonds is 3. The molecule has 2 aromatic carbocycles. The van der Waals surface area contributed by atoms with E-state index in [1.54, 1.807) is 17.0 Å². The van der Waals surface area contributed by atoms with Gasteiger partial charge in [0.05, 0.1) is 6.61 Å². The first kappa shape index (κ1) is 19.4. The summed E-state index contributed by atoms with van der Waals surface area (Å²) in [5.74, 6) is -0.0337. The Hall–Kier alpha value is -3.61. The molecule has 7 nitrogen and oxygen atoms in total. The lowest BCUT2D eigenvalue weighted by Crippen LogP contribution is -2.48. The average molecular weight is 417 g/mol. The molecule has 0 bridgehead atoms. The molecule has 31 heavy (non-hydrogen) atoms. The maximum absolute atomic E-state index is 13.3. The molecule has 1 unspecified atom stereocenters. The van der Waals surface area contributed by atoms with E-state index in [0.717, 1.165) is 16.9 Å². The minimum Gasteiger partial charge on any atom is -0.493 e. The Morgan fingerprint density at radius 1 is 1.06 bits per heavy atom. The van der Waals surface area contributed by atoms with Crippen LogP contribution in [0.25, 0.3) is 5.57 Å². The second-order valence-electron chi connectivity index (χ2n) is 8.01. The number of hydrogen-bond acceptors (Lipinski definition) is 4. The van der Waals surface area contributed by atoms with E-state index in [2.05, 4.69) is 17.4 Å². The predicted octanol–water partition coefficient (Wildman–Crippen LogP) is 2.53. The summed E-state index contributed by atoms with van der Waals surface area (Å²) in [6.07, 6.45) is 3.12. The molecule has 7 heteroatoms. The second-order valence-corrected chi connectivity index (χ2v) is 8.01. The number of nitrogens with zero attached hydrogens (tertiary/aromatic N) is 2. The Kier molecular flexibility index (Phi) is 4.73. The van der Waals surface area contributed by atoms with Crippen LogP contribution in [0.3, 0.4) is 0 Å². The fraction of sp³-hybridized carbons (Fsp3) is 0.292. The number of carbonyl (C=O) groups is 3. The Balaban J connectivity index is 1.30. The van der Waals surface area contributed by atoms with Crippen molar-refractivity contribution in [1.29, 1.82) is 0 Å². The van der Waals surface area contributed by atoms with Crippen molar-refractivity contribution in [2.75, 3.05) is 26.2 Å². The number of ether oxygens (including phenoxy) is 1. The van der Waals surface area contributed by atoms with Gasteiger partial charge in [-0.25, -0.2) is 4.79 Å². The van der Waals surface area contributed by atoms with Crippen LogP contribution >= 0.6 is 0 Å². The van der Waals surface area contributed by atoms with Gasteiger partial charge in [-0.3, -0.25) is 14.5 Å². The van der Waals surface area contributed by atoms with Crippen molar-refractivity contribution < 1.29 is 19.1 Å². The summed E-state index contributed by atoms with van der Waals surface area (Å²) in [5, 5.41) is 2.84. The smallest absolute Gasteiger partial charge is 0.325 e. The van der Waals surface area contributed by atoms with Gasteiger partial charge in [-0.05, 0) is 23.6 Å². The highest BCUT2D eigenvalue weighted by molar-refractivity contribution is 6.09. The molecule has 1 N–H and O–H groups in total. The highest BCUT2D eigenvalue weighted by Crippen LogP contribution is 2.41. The third kappa shape index (κ3) is 3.26. The van der Waals surface area contributed by atoms with Crippen LogP contribution in [0.1, 0.15) is 24.0 Å². The Labute approximate surface area is 180 Å². The van der Waals surface area contributed by atoms with Crippen molar-refractivity contribution in [3.05, 3.63) is 71.8 Å². The van der Waals surface area contributed by atoms with Crippen LogP contribution in [0.4, 0.5) is 4.79 Å². The number of fused-ring (bicyclic) bond motifs is 2. The zero-order chi connectivity index (χ0) is 21.4. The molecule has 158 valence electrons. The predicted molar refractivity (Wildman–Crippen MR) is 114 cm³/mol. The van der Waals surface area contributed by atoms with E-state index in [9.17, 15) is 14.4 Å². The number of carbonyl (C=O) groups excluding carboxylic acids is 3. The number of imide groups is 1. The number of para-hydroxylation sites is 1. The van der Waals surface area contributed by atoms with E-state index in [0.29, 0.717) is 37.4 Å². The minimum absolute atomic E-state index is 0.232. The fourth-order valence-electron chi connectivity index (χ4n) is 4.56. The van der Waals surface area contributed by atoms with Crippen LogP contribution in [0.15, 0.2) is 60.7 Å². The van der Waals surface area contributed by atoms with Gasteiger partial charge >= 0.3 is 6.03 Å². The normalized spacial score (nSPS) is 22.6. The van der Waals surface area contributed by atoms with E-state index in [1.807, 2.05) is 36.4 Å². The van der Waals surface area contributed by atoms with Gasteiger partial charge in [-0.1, -0.05) is 54.6 Å². The van der Waals surface area contributed by atoms with Crippen LogP contribution in [0.5, 0.6) is 5.75 Å². The first-order valence-electron chi connectivity index (χ1n) is 10.5. The summed E-state index contributed by atoms with van der Waals surface area (Å²) < 4.78 is 5.65. The first-order valence-corrected chi connectivity index (χ1v) is 10.5.